The molecule has 0 N–H and O–H groups in total. The number of halogens is 1. The summed E-state index contributed by atoms with van der Waals surface area (Å²) in [6.45, 7) is -0.411. The van der Waals surface area contributed by atoms with Gasteiger partial charge < -0.3 is 18.9 Å². The highest BCUT2D eigenvalue weighted by Gasteiger charge is 2.52. The molecule has 208 valence electrons. The summed E-state index contributed by atoms with van der Waals surface area (Å²) in [7, 11) is 0. The Labute approximate surface area is 238 Å². The Balaban J connectivity index is 1.49. The summed E-state index contributed by atoms with van der Waals surface area (Å²) in [5.74, 6) is -2.19. The number of rotatable bonds is 8. The number of carbonyl (C=O) groups is 3. The van der Waals surface area contributed by atoms with Crippen LogP contribution in [0.3, 0.4) is 0 Å². The number of ether oxygens (including phenoxy) is 4. The van der Waals surface area contributed by atoms with Crippen molar-refractivity contribution in [2.45, 2.75) is 24.5 Å². The Morgan fingerprint density at radius 3 is 1.76 bits per heavy atom. The number of carbonyl (C=O) groups excluding carboxylic acids is 3. The standard InChI is InChI=1S/C29H22ClN3O8/c30-22-16-31-33(29(37)32-22)25-24(41-28(36)20-14-8-3-9-15-20)23(40-27(35)19-12-6-2-7-13-19)21(39-25)17-38-26(34)18-10-4-1-5-11-18/h1-16,21,23-25H,17H2/t21-,23+,24+,25+/m0/s1. The van der Waals surface area contributed by atoms with Gasteiger partial charge in [-0.25, -0.2) is 19.2 Å². The molecule has 0 unspecified atom stereocenters. The van der Waals surface area contributed by atoms with Gasteiger partial charge in [0.05, 0.1) is 22.9 Å². The number of hydrogen-bond acceptors (Lipinski definition) is 10. The Bertz CT molecular complexity index is 1580. The summed E-state index contributed by atoms with van der Waals surface area (Å²) in [6, 6.07) is 24.4. The molecule has 0 bridgehead atoms. The second-order valence-corrected chi connectivity index (χ2v) is 9.19. The first kappa shape index (κ1) is 27.7. The van der Waals surface area contributed by atoms with Crippen LogP contribution in [-0.2, 0) is 18.9 Å². The molecule has 1 aromatic heterocycles. The van der Waals surface area contributed by atoms with Crippen LogP contribution in [0.4, 0.5) is 0 Å². The molecule has 12 heteroatoms. The maximum Gasteiger partial charge on any atom is 0.367 e. The first-order valence-electron chi connectivity index (χ1n) is 12.4. The van der Waals surface area contributed by atoms with E-state index in [1.54, 1.807) is 78.9 Å². The van der Waals surface area contributed by atoms with E-state index in [4.69, 9.17) is 30.5 Å². The highest BCUT2D eigenvalue weighted by molar-refractivity contribution is 6.29. The number of esters is 3. The molecule has 1 saturated heterocycles. The zero-order chi connectivity index (χ0) is 28.8. The van der Waals surface area contributed by atoms with Gasteiger partial charge >= 0.3 is 23.6 Å². The summed E-state index contributed by atoms with van der Waals surface area (Å²) >= 11 is 5.82. The van der Waals surface area contributed by atoms with Crippen molar-refractivity contribution in [2.24, 2.45) is 0 Å². The van der Waals surface area contributed by atoms with Crippen molar-refractivity contribution in [2.75, 3.05) is 6.61 Å². The van der Waals surface area contributed by atoms with E-state index < -0.39 is 54.7 Å². The lowest BCUT2D eigenvalue weighted by Crippen LogP contribution is -2.43. The van der Waals surface area contributed by atoms with E-state index in [9.17, 15) is 19.2 Å². The normalized spacial score (nSPS) is 19.7. The van der Waals surface area contributed by atoms with Crippen molar-refractivity contribution < 1.29 is 33.3 Å². The van der Waals surface area contributed by atoms with Crippen LogP contribution in [0.1, 0.15) is 37.3 Å². The van der Waals surface area contributed by atoms with Crippen LogP contribution >= 0.6 is 11.6 Å². The predicted molar refractivity (Wildman–Crippen MR) is 143 cm³/mol. The Morgan fingerprint density at radius 1 is 0.756 bits per heavy atom. The fourth-order valence-electron chi connectivity index (χ4n) is 4.16. The third-order valence-corrected chi connectivity index (χ3v) is 6.29. The van der Waals surface area contributed by atoms with E-state index in [0.717, 1.165) is 10.9 Å². The first-order valence-corrected chi connectivity index (χ1v) is 12.8. The lowest BCUT2D eigenvalue weighted by atomic mass is 10.1. The third kappa shape index (κ3) is 6.48. The van der Waals surface area contributed by atoms with Gasteiger partial charge in [0.25, 0.3) is 0 Å². The molecule has 41 heavy (non-hydrogen) atoms. The summed E-state index contributed by atoms with van der Waals surface area (Å²) in [4.78, 5) is 55.3. The van der Waals surface area contributed by atoms with Gasteiger partial charge in [-0.1, -0.05) is 66.2 Å². The van der Waals surface area contributed by atoms with Crippen LogP contribution in [-0.4, -0.2) is 57.6 Å². The quantitative estimate of drug-likeness (QED) is 0.227. The largest absolute Gasteiger partial charge is 0.459 e. The Kier molecular flexibility index (Phi) is 8.47. The van der Waals surface area contributed by atoms with Gasteiger partial charge in [0, 0.05) is 0 Å². The monoisotopic (exact) mass is 575 g/mol. The molecule has 4 atom stereocenters. The van der Waals surface area contributed by atoms with E-state index >= 15 is 0 Å². The van der Waals surface area contributed by atoms with E-state index in [-0.39, 0.29) is 21.8 Å². The molecule has 0 amide bonds. The third-order valence-electron chi connectivity index (χ3n) is 6.11. The van der Waals surface area contributed by atoms with Crippen molar-refractivity contribution in [3.63, 3.8) is 0 Å². The van der Waals surface area contributed by atoms with Crippen molar-refractivity contribution in [1.82, 2.24) is 14.8 Å². The van der Waals surface area contributed by atoms with Crippen LogP contribution in [0.5, 0.6) is 0 Å². The minimum absolute atomic E-state index is 0.164. The molecule has 11 nitrogen and oxygen atoms in total. The molecule has 1 fully saturated rings. The topological polar surface area (TPSA) is 136 Å². The van der Waals surface area contributed by atoms with Gasteiger partial charge in [-0.3, -0.25) is 0 Å². The summed E-state index contributed by atoms with van der Waals surface area (Å²) in [5, 5.41) is 3.82. The summed E-state index contributed by atoms with van der Waals surface area (Å²) < 4.78 is 23.9. The van der Waals surface area contributed by atoms with Crippen molar-refractivity contribution in [3.05, 3.63) is 130 Å². The number of benzene rings is 3. The van der Waals surface area contributed by atoms with Gasteiger partial charge in [0.2, 0.25) is 0 Å². The van der Waals surface area contributed by atoms with Crippen LogP contribution in [0.15, 0.2) is 102 Å². The second-order valence-electron chi connectivity index (χ2n) is 8.81. The lowest BCUT2D eigenvalue weighted by Gasteiger charge is -2.24. The zero-order valence-corrected chi connectivity index (χ0v) is 22.0. The predicted octanol–water partition coefficient (Wildman–Crippen LogP) is 3.50. The molecule has 2 heterocycles. The highest BCUT2D eigenvalue weighted by Crippen LogP contribution is 2.34. The second kappa shape index (κ2) is 12.5. The average molecular weight is 576 g/mol. The molecule has 0 radical (unpaired) electrons. The van der Waals surface area contributed by atoms with E-state index in [0.29, 0.717) is 0 Å². The number of nitrogens with zero attached hydrogens (tertiary/aromatic N) is 3. The van der Waals surface area contributed by atoms with Crippen molar-refractivity contribution >= 4 is 29.5 Å². The fourth-order valence-corrected chi connectivity index (χ4v) is 4.28. The molecule has 4 aromatic rings. The SMILES string of the molecule is O=C(OC[C@@H]1O[C@@H](n2ncc(Cl)nc2=O)[C@H](OC(=O)c2ccccc2)[C@@H]1OC(=O)c1ccccc1)c1ccccc1. The maximum absolute atomic E-state index is 13.1. The summed E-state index contributed by atoms with van der Waals surface area (Å²) in [5.41, 5.74) is -0.203. The lowest BCUT2D eigenvalue weighted by molar-refractivity contribution is -0.0698. The smallest absolute Gasteiger partial charge is 0.367 e. The van der Waals surface area contributed by atoms with E-state index in [2.05, 4.69) is 10.1 Å². The van der Waals surface area contributed by atoms with Gasteiger partial charge in [-0.2, -0.15) is 14.8 Å². The number of hydrogen-bond donors (Lipinski definition) is 0. The minimum Gasteiger partial charge on any atom is -0.459 e. The molecule has 0 aliphatic carbocycles. The average Bonchev–Trinajstić information content (AvgIpc) is 3.33. The van der Waals surface area contributed by atoms with E-state index in [1.165, 1.54) is 12.1 Å². The van der Waals surface area contributed by atoms with Gasteiger partial charge in [-0.15, -0.1) is 0 Å². The Morgan fingerprint density at radius 2 is 1.24 bits per heavy atom. The van der Waals surface area contributed by atoms with Crippen LogP contribution < -0.4 is 5.69 Å². The van der Waals surface area contributed by atoms with Crippen LogP contribution in [0.2, 0.25) is 5.15 Å². The van der Waals surface area contributed by atoms with Crippen molar-refractivity contribution in [1.29, 1.82) is 0 Å². The van der Waals surface area contributed by atoms with Crippen molar-refractivity contribution in [3.8, 4) is 0 Å². The zero-order valence-electron chi connectivity index (χ0n) is 21.2. The molecule has 0 saturated carbocycles. The molecular formula is C29H22ClN3O8. The van der Waals surface area contributed by atoms with Gasteiger partial charge in [-0.05, 0) is 36.4 Å². The first-order chi connectivity index (χ1) is 19.9. The molecular weight excluding hydrogens is 554 g/mol. The summed E-state index contributed by atoms with van der Waals surface area (Å²) in [6.07, 6.45) is -4.19. The molecule has 1 aliphatic heterocycles. The van der Waals surface area contributed by atoms with Gasteiger partial charge in [0.15, 0.2) is 23.6 Å². The molecule has 0 spiro atoms. The highest BCUT2D eigenvalue weighted by atomic mass is 35.5. The maximum atomic E-state index is 13.1. The van der Waals surface area contributed by atoms with Gasteiger partial charge in [0.1, 0.15) is 12.7 Å². The minimum atomic E-state index is -1.41. The van der Waals surface area contributed by atoms with E-state index in [1.807, 2.05) is 0 Å². The van der Waals surface area contributed by atoms with Crippen LogP contribution in [0.25, 0.3) is 0 Å². The Hall–Kier alpha value is -4.87. The number of aromatic nitrogens is 3. The van der Waals surface area contributed by atoms with Crippen LogP contribution in [0, 0.1) is 0 Å². The fraction of sp³-hybridized carbons (Fsp3) is 0.172. The molecule has 3 aromatic carbocycles. The molecule has 5 rings (SSSR count). The molecule has 1 aliphatic rings.